The van der Waals surface area contributed by atoms with Crippen molar-refractivity contribution >= 4 is 21.8 Å². The molecular weight excluding hydrogens is 396 g/mol. The molecule has 1 saturated heterocycles. The highest BCUT2D eigenvalue weighted by Crippen LogP contribution is 2.47. The molecule has 1 aliphatic heterocycles. The fourth-order valence-electron chi connectivity index (χ4n) is 3.92. The summed E-state index contributed by atoms with van der Waals surface area (Å²) in [5.74, 6) is 0.548. The molecule has 0 amide bonds. The van der Waals surface area contributed by atoms with Crippen LogP contribution in [0.5, 0.6) is 0 Å². The summed E-state index contributed by atoms with van der Waals surface area (Å²) in [5, 5.41) is 0.691. The van der Waals surface area contributed by atoms with Crippen LogP contribution >= 0.6 is 11.6 Å². The largest absolute Gasteiger partial charge is 0.372 e. The van der Waals surface area contributed by atoms with Gasteiger partial charge in [0.25, 0.3) is 10.2 Å². The summed E-state index contributed by atoms with van der Waals surface area (Å²) in [5.41, 5.74) is 2.22. The molecule has 2 fully saturated rings. The van der Waals surface area contributed by atoms with Gasteiger partial charge in [0.15, 0.2) is 0 Å². The van der Waals surface area contributed by atoms with Gasteiger partial charge in [-0.15, -0.1) is 0 Å². The molecule has 0 spiro atoms. The van der Waals surface area contributed by atoms with E-state index in [1.54, 1.807) is 0 Å². The molecule has 1 N–H and O–H groups in total. The third-order valence-corrected chi connectivity index (χ3v) is 7.53. The van der Waals surface area contributed by atoms with Gasteiger partial charge in [-0.3, -0.25) is 0 Å². The molecule has 2 aromatic rings. The highest BCUT2D eigenvalue weighted by molar-refractivity contribution is 7.87. The Kier molecular flexibility index (Phi) is 5.76. The van der Waals surface area contributed by atoms with E-state index in [0.717, 1.165) is 5.56 Å². The van der Waals surface area contributed by atoms with Crippen LogP contribution in [0.2, 0.25) is 5.02 Å². The van der Waals surface area contributed by atoms with E-state index in [2.05, 4.69) is 23.8 Å². The molecule has 28 heavy (non-hydrogen) atoms. The Morgan fingerprint density at radius 1 is 1.14 bits per heavy atom. The van der Waals surface area contributed by atoms with E-state index < -0.39 is 10.2 Å². The van der Waals surface area contributed by atoms with E-state index in [9.17, 15) is 8.42 Å². The van der Waals surface area contributed by atoms with Crippen molar-refractivity contribution in [2.75, 3.05) is 13.1 Å². The second-order valence-corrected chi connectivity index (χ2v) is 9.79. The maximum Gasteiger partial charge on any atom is 0.279 e. The van der Waals surface area contributed by atoms with Gasteiger partial charge in [-0.25, -0.2) is 0 Å². The Morgan fingerprint density at radius 3 is 2.57 bits per heavy atom. The van der Waals surface area contributed by atoms with Gasteiger partial charge in [0.05, 0.1) is 12.7 Å². The van der Waals surface area contributed by atoms with Crippen LogP contribution in [0.15, 0.2) is 54.6 Å². The van der Waals surface area contributed by atoms with E-state index in [0.29, 0.717) is 37.1 Å². The topological polar surface area (TPSA) is 58.6 Å². The van der Waals surface area contributed by atoms with E-state index >= 15 is 0 Å². The second kappa shape index (κ2) is 8.13. The summed E-state index contributed by atoms with van der Waals surface area (Å²) in [7, 11) is -3.51. The number of nitrogens with zero attached hydrogens (tertiary/aromatic N) is 1. The molecule has 0 radical (unpaired) electrons. The monoisotopic (exact) mass is 420 g/mol. The average Bonchev–Trinajstić information content (AvgIpc) is 3.08. The highest BCUT2D eigenvalue weighted by atomic mass is 35.5. The minimum Gasteiger partial charge on any atom is -0.372 e. The minimum atomic E-state index is -3.51. The SMILES string of the molecule is C[C@H]1[C@H](NS(=O)(=O)N2CCC(OCc3ccc(Cl)cc3)C2)[C@H]1c1ccccc1. The summed E-state index contributed by atoms with van der Waals surface area (Å²) in [4.78, 5) is 0. The van der Waals surface area contributed by atoms with Crippen LogP contribution in [0.1, 0.15) is 30.4 Å². The zero-order valence-corrected chi connectivity index (χ0v) is 17.4. The first-order chi connectivity index (χ1) is 13.4. The maximum absolute atomic E-state index is 12.8. The molecule has 4 rings (SSSR count). The lowest BCUT2D eigenvalue weighted by atomic mass is 10.1. The average molecular weight is 421 g/mol. The van der Waals surface area contributed by atoms with Gasteiger partial charge in [-0.1, -0.05) is 61.0 Å². The first-order valence-corrected chi connectivity index (χ1v) is 11.4. The molecule has 0 aromatic heterocycles. The van der Waals surface area contributed by atoms with E-state index in [1.165, 1.54) is 9.87 Å². The first-order valence-electron chi connectivity index (χ1n) is 9.62. The van der Waals surface area contributed by atoms with Crippen molar-refractivity contribution < 1.29 is 13.2 Å². The van der Waals surface area contributed by atoms with Crippen LogP contribution in [0.3, 0.4) is 0 Å². The summed E-state index contributed by atoms with van der Waals surface area (Å²) in [6, 6.07) is 17.6. The number of hydrogen-bond donors (Lipinski definition) is 1. The fourth-order valence-corrected chi connectivity index (χ4v) is 5.61. The van der Waals surface area contributed by atoms with Gasteiger partial charge < -0.3 is 4.74 Å². The van der Waals surface area contributed by atoms with Crippen molar-refractivity contribution in [1.82, 2.24) is 9.03 Å². The molecule has 2 aromatic carbocycles. The fraction of sp³-hybridized carbons (Fsp3) is 0.429. The Hall–Kier alpha value is -1.44. The van der Waals surface area contributed by atoms with Crippen LogP contribution in [0.25, 0.3) is 0 Å². The van der Waals surface area contributed by atoms with Gasteiger partial charge in [-0.2, -0.15) is 17.4 Å². The lowest BCUT2D eigenvalue weighted by molar-refractivity contribution is 0.0508. The Labute approximate surface area is 171 Å². The first kappa shape index (κ1) is 19.9. The predicted octanol–water partition coefficient (Wildman–Crippen LogP) is 3.57. The molecule has 4 atom stereocenters. The zero-order chi connectivity index (χ0) is 19.7. The molecule has 0 bridgehead atoms. The van der Waals surface area contributed by atoms with Crippen molar-refractivity contribution in [3.63, 3.8) is 0 Å². The molecule has 7 heteroatoms. The molecule has 1 aliphatic carbocycles. The molecule has 2 aliphatic rings. The second-order valence-electron chi connectivity index (χ2n) is 7.65. The Morgan fingerprint density at radius 2 is 1.86 bits per heavy atom. The zero-order valence-electron chi connectivity index (χ0n) is 15.8. The van der Waals surface area contributed by atoms with Crippen molar-refractivity contribution in [2.45, 2.75) is 38.0 Å². The minimum absolute atomic E-state index is 0.0403. The predicted molar refractivity (Wildman–Crippen MR) is 110 cm³/mol. The van der Waals surface area contributed by atoms with Gasteiger partial charge >= 0.3 is 0 Å². The van der Waals surface area contributed by atoms with E-state index in [1.807, 2.05) is 42.5 Å². The van der Waals surface area contributed by atoms with Gasteiger partial charge in [-0.05, 0) is 35.6 Å². The maximum atomic E-state index is 12.8. The lowest BCUT2D eigenvalue weighted by Crippen LogP contribution is -2.41. The molecule has 1 unspecified atom stereocenters. The third kappa shape index (κ3) is 4.42. The number of halogens is 1. The summed E-state index contributed by atoms with van der Waals surface area (Å²) < 4.78 is 35.9. The van der Waals surface area contributed by atoms with Crippen molar-refractivity contribution in [3.05, 3.63) is 70.7 Å². The van der Waals surface area contributed by atoms with Crippen molar-refractivity contribution in [2.24, 2.45) is 5.92 Å². The van der Waals surface area contributed by atoms with Crippen LogP contribution < -0.4 is 4.72 Å². The quantitative estimate of drug-likeness (QED) is 0.744. The van der Waals surface area contributed by atoms with Crippen LogP contribution in [0, 0.1) is 5.92 Å². The number of benzene rings is 2. The molecular formula is C21H25ClN2O3S. The van der Waals surface area contributed by atoms with Crippen LogP contribution in [-0.4, -0.2) is 38.0 Å². The number of rotatable bonds is 7. The normalized spacial score (nSPS) is 27.8. The summed E-state index contributed by atoms with van der Waals surface area (Å²) in [6.45, 7) is 3.42. The number of ether oxygens (including phenoxy) is 1. The van der Waals surface area contributed by atoms with Crippen LogP contribution in [-0.2, 0) is 21.6 Å². The molecule has 1 saturated carbocycles. The molecule has 150 valence electrons. The van der Waals surface area contributed by atoms with E-state index in [-0.39, 0.29) is 18.1 Å². The highest BCUT2D eigenvalue weighted by Gasteiger charge is 2.50. The van der Waals surface area contributed by atoms with Gasteiger partial charge in [0.2, 0.25) is 0 Å². The smallest absolute Gasteiger partial charge is 0.279 e. The van der Waals surface area contributed by atoms with Crippen LogP contribution in [0.4, 0.5) is 0 Å². The molecule has 1 heterocycles. The Bertz CT molecular complexity index is 905. The number of hydrogen-bond acceptors (Lipinski definition) is 3. The standard InChI is InChI=1S/C21H25ClN2O3S/c1-15-20(17-5-3-2-4-6-17)21(15)23-28(25,26)24-12-11-19(13-24)27-14-16-7-9-18(22)10-8-16/h2-10,15,19-21,23H,11-14H2,1H3/t15-,19?,20-,21+/m1/s1. The van der Waals surface area contributed by atoms with Gasteiger partial charge in [0, 0.05) is 30.1 Å². The third-order valence-electron chi connectivity index (χ3n) is 5.70. The van der Waals surface area contributed by atoms with E-state index in [4.69, 9.17) is 16.3 Å². The summed E-state index contributed by atoms with van der Waals surface area (Å²) in [6.07, 6.45) is 0.616. The Balaban J connectivity index is 1.30. The number of nitrogens with one attached hydrogen (secondary N) is 1. The lowest BCUT2D eigenvalue weighted by Gasteiger charge is -2.17. The summed E-state index contributed by atoms with van der Waals surface area (Å²) >= 11 is 5.89. The van der Waals surface area contributed by atoms with Gasteiger partial charge in [0.1, 0.15) is 0 Å². The van der Waals surface area contributed by atoms with Crippen molar-refractivity contribution in [3.8, 4) is 0 Å². The molecule has 5 nitrogen and oxygen atoms in total. The van der Waals surface area contributed by atoms with Crippen molar-refractivity contribution in [1.29, 1.82) is 0 Å².